The molecule has 2 aromatic rings. The largest absolute Gasteiger partial charge is 0.355 e. The van der Waals surface area contributed by atoms with E-state index in [2.05, 4.69) is 5.32 Å². The van der Waals surface area contributed by atoms with Crippen LogP contribution in [-0.4, -0.2) is 18.7 Å². The van der Waals surface area contributed by atoms with Gasteiger partial charge < -0.3 is 5.32 Å². The van der Waals surface area contributed by atoms with Crippen molar-refractivity contribution in [1.29, 1.82) is 0 Å². The van der Waals surface area contributed by atoms with E-state index < -0.39 is 0 Å². The molecule has 1 amide bonds. The van der Waals surface area contributed by atoms with Gasteiger partial charge in [0, 0.05) is 18.2 Å². The lowest BCUT2D eigenvalue weighted by Crippen LogP contribution is -2.18. The number of nitrogens with one attached hydrogen (secondary N) is 1. The summed E-state index contributed by atoms with van der Waals surface area (Å²) in [7, 11) is 1.56. The molecule has 0 fully saturated rings. The van der Waals surface area contributed by atoms with E-state index in [1.54, 1.807) is 37.4 Å². The first-order valence-electron chi connectivity index (χ1n) is 6.30. The van der Waals surface area contributed by atoms with Crippen LogP contribution in [0.15, 0.2) is 60.7 Å². The minimum absolute atomic E-state index is 0.125. The summed E-state index contributed by atoms with van der Waals surface area (Å²) in [5.74, 6) is -0.328. The van der Waals surface area contributed by atoms with Gasteiger partial charge in [-0.25, -0.2) is 0 Å². The second kappa shape index (κ2) is 6.48. The van der Waals surface area contributed by atoms with Crippen LogP contribution in [0, 0.1) is 0 Å². The molecule has 0 atom stereocenters. The van der Waals surface area contributed by atoms with Crippen molar-refractivity contribution in [2.45, 2.75) is 0 Å². The van der Waals surface area contributed by atoms with Crippen LogP contribution in [0.3, 0.4) is 0 Å². The van der Waals surface area contributed by atoms with Crippen molar-refractivity contribution < 1.29 is 9.59 Å². The highest BCUT2D eigenvalue weighted by molar-refractivity contribution is 6.08. The van der Waals surface area contributed by atoms with E-state index in [4.69, 9.17) is 0 Å². The highest BCUT2D eigenvalue weighted by Crippen LogP contribution is 2.08. The molecule has 0 aliphatic rings. The second-order valence-electron chi connectivity index (χ2n) is 4.27. The van der Waals surface area contributed by atoms with E-state index in [-0.39, 0.29) is 11.7 Å². The zero-order valence-corrected chi connectivity index (χ0v) is 11.2. The van der Waals surface area contributed by atoms with Crippen LogP contribution in [-0.2, 0) is 0 Å². The minimum atomic E-state index is -0.202. The molecule has 0 unspecified atom stereocenters. The quantitative estimate of drug-likeness (QED) is 0.682. The number of hydrogen-bond donors (Lipinski definition) is 1. The van der Waals surface area contributed by atoms with Gasteiger partial charge in [-0.15, -0.1) is 0 Å². The van der Waals surface area contributed by atoms with Crippen molar-refractivity contribution in [1.82, 2.24) is 5.32 Å². The van der Waals surface area contributed by atoms with Crippen LogP contribution < -0.4 is 5.32 Å². The van der Waals surface area contributed by atoms with E-state index in [0.29, 0.717) is 11.1 Å². The lowest BCUT2D eigenvalue weighted by molar-refractivity contribution is 0.0963. The Morgan fingerprint density at radius 2 is 1.65 bits per heavy atom. The number of benzene rings is 2. The summed E-state index contributed by atoms with van der Waals surface area (Å²) in [6, 6.07) is 16.3. The van der Waals surface area contributed by atoms with Gasteiger partial charge in [0.25, 0.3) is 5.91 Å². The van der Waals surface area contributed by atoms with Crippen molar-refractivity contribution in [2.75, 3.05) is 7.05 Å². The zero-order valence-electron chi connectivity index (χ0n) is 11.2. The lowest BCUT2D eigenvalue weighted by Gasteiger charge is -2.01. The summed E-state index contributed by atoms with van der Waals surface area (Å²) in [4.78, 5) is 23.6. The Hall–Kier alpha value is -2.68. The van der Waals surface area contributed by atoms with Gasteiger partial charge in [-0.1, -0.05) is 48.5 Å². The standard InChI is InChI=1S/C17H15NO2/c1-18-17(20)15-9-5-8-14(12-15)16(19)11-10-13-6-3-2-4-7-13/h2-12H,1H3,(H,18,20)/b11-10+. The number of carbonyl (C=O) groups excluding carboxylic acids is 2. The predicted molar refractivity (Wildman–Crippen MR) is 79.6 cm³/mol. The van der Waals surface area contributed by atoms with Gasteiger partial charge in [0.15, 0.2) is 5.78 Å². The fourth-order valence-corrected chi connectivity index (χ4v) is 1.79. The molecule has 100 valence electrons. The first-order chi connectivity index (χ1) is 9.70. The summed E-state index contributed by atoms with van der Waals surface area (Å²) >= 11 is 0. The highest BCUT2D eigenvalue weighted by atomic mass is 16.1. The van der Waals surface area contributed by atoms with Gasteiger partial charge >= 0.3 is 0 Å². The zero-order chi connectivity index (χ0) is 14.4. The summed E-state index contributed by atoms with van der Waals surface area (Å²) in [6.45, 7) is 0. The Bertz CT molecular complexity index is 645. The molecule has 0 bridgehead atoms. The molecule has 1 N–H and O–H groups in total. The fourth-order valence-electron chi connectivity index (χ4n) is 1.79. The van der Waals surface area contributed by atoms with Crippen LogP contribution >= 0.6 is 0 Å². The third-order valence-electron chi connectivity index (χ3n) is 2.86. The van der Waals surface area contributed by atoms with Gasteiger partial charge in [-0.2, -0.15) is 0 Å². The number of rotatable bonds is 4. The maximum absolute atomic E-state index is 12.1. The SMILES string of the molecule is CNC(=O)c1cccc(C(=O)/C=C/c2ccccc2)c1. The monoisotopic (exact) mass is 265 g/mol. The molecule has 20 heavy (non-hydrogen) atoms. The molecule has 0 aliphatic carbocycles. The van der Waals surface area contributed by atoms with Crippen LogP contribution in [0.5, 0.6) is 0 Å². The number of carbonyl (C=O) groups is 2. The molecular formula is C17H15NO2. The van der Waals surface area contributed by atoms with Gasteiger partial charge in [-0.3, -0.25) is 9.59 Å². The van der Waals surface area contributed by atoms with Gasteiger partial charge in [-0.05, 0) is 23.8 Å². The second-order valence-corrected chi connectivity index (χ2v) is 4.27. The Morgan fingerprint density at radius 3 is 2.35 bits per heavy atom. The summed E-state index contributed by atoms with van der Waals surface area (Å²) in [5.41, 5.74) is 1.94. The molecule has 2 rings (SSSR count). The Morgan fingerprint density at radius 1 is 0.950 bits per heavy atom. The van der Waals surface area contributed by atoms with E-state index in [9.17, 15) is 9.59 Å². The first kappa shape index (κ1) is 13.7. The summed E-state index contributed by atoms with van der Waals surface area (Å²) in [5, 5.41) is 2.54. The molecule has 0 spiro atoms. The van der Waals surface area contributed by atoms with E-state index in [1.165, 1.54) is 6.08 Å². The van der Waals surface area contributed by atoms with Crippen molar-refractivity contribution in [2.24, 2.45) is 0 Å². The molecule has 0 saturated heterocycles. The third-order valence-corrected chi connectivity index (χ3v) is 2.86. The van der Waals surface area contributed by atoms with Gasteiger partial charge in [0.05, 0.1) is 0 Å². The third kappa shape index (κ3) is 3.42. The smallest absolute Gasteiger partial charge is 0.251 e. The maximum Gasteiger partial charge on any atom is 0.251 e. The first-order valence-corrected chi connectivity index (χ1v) is 6.30. The van der Waals surface area contributed by atoms with Crippen molar-refractivity contribution in [3.63, 3.8) is 0 Å². The van der Waals surface area contributed by atoms with Crippen LogP contribution in [0.25, 0.3) is 6.08 Å². The van der Waals surface area contributed by atoms with Crippen molar-refractivity contribution in [3.8, 4) is 0 Å². The van der Waals surface area contributed by atoms with Crippen molar-refractivity contribution in [3.05, 3.63) is 77.4 Å². The Kier molecular flexibility index (Phi) is 4.45. The van der Waals surface area contributed by atoms with Crippen LogP contribution in [0.1, 0.15) is 26.3 Å². The molecule has 0 aliphatic heterocycles. The lowest BCUT2D eigenvalue weighted by atomic mass is 10.1. The average Bonchev–Trinajstić information content (AvgIpc) is 2.53. The Balaban J connectivity index is 2.17. The molecule has 3 nitrogen and oxygen atoms in total. The normalized spacial score (nSPS) is 10.4. The van der Waals surface area contributed by atoms with E-state index >= 15 is 0 Å². The fraction of sp³-hybridized carbons (Fsp3) is 0.0588. The average molecular weight is 265 g/mol. The number of amides is 1. The minimum Gasteiger partial charge on any atom is -0.355 e. The number of allylic oxidation sites excluding steroid dienone is 1. The molecule has 0 saturated carbocycles. The topological polar surface area (TPSA) is 46.2 Å². The van der Waals surface area contributed by atoms with Crippen LogP contribution in [0.4, 0.5) is 0 Å². The van der Waals surface area contributed by atoms with E-state index in [0.717, 1.165) is 5.56 Å². The Labute approximate surface area is 117 Å². The molecule has 3 heteroatoms. The van der Waals surface area contributed by atoms with Gasteiger partial charge in [0.2, 0.25) is 0 Å². The van der Waals surface area contributed by atoms with E-state index in [1.807, 2.05) is 30.3 Å². The highest BCUT2D eigenvalue weighted by Gasteiger charge is 2.07. The summed E-state index contributed by atoms with van der Waals surface area (Å²) < 4.78 is 0. The summed E-state index contributed by atoms with van der Waals surface area (Å²) in [6.07, 6.45) is 3.27. The number of hydrogen-bond acceptors (Lipinski definition) is 2. The van der Waals surface area contributed by atoms with Crippen molar-refractivity contribution >= 4 is 17.8 Å². The molecule has 0 radical (unpaired) electrons. The molecule has 0 heterocycles. The van der Waals surface area contributed by atoms with Gasteiger partial charge in [0.1, 0.15) is 0 Å². The maximum atomic E-state index is 12.1. The predicted octanol–water partition coefficient (Wildman–Crippen LogP) is 2.94. The number of ketones is 1. The molecule has 0 aromatic heterocycles. The van der Waals surface area contributed by atoms with Crippen LogP contribution in [0.2, 0.25) is 0 Å². The molecular weight excluding hydrogens is 250 g/mol. The molecule has 2 aromatic carbocycles.